The highest BCUT2D eigenvalue weighted by molar-refractivity contribution is 5.94. The van der Waals surface area contributed by atoms with Crippen LogP contribution < -0.4 is 0 Å². The average molecular weight is 177 g/mol. The Bertz CT molecular complexity index is 224. The van der Waals surface area contributed by atoms with Crippen LogP contribution in [0, 0.1) is 12.3 Å². The van der Waals surface area contributed by atoms with Crippen molar-refractivity contribution in [3.8, 4) is 12.3 Å². The fraction of sp³-hybridized carbons (Fsp3) is 0.429. The summed E-state index contributed by atoms with van der Waals surface area (Å²) in [7, 11) is 0. The van der Waals surface area contributed by atoms with Crippen molar-refractivity contribution in [3.63, 3.8) is 0 Å². The molecule has 0 atom stereocenters. The van der Waals surface area contributed by atoms with E-state index in [1.165, 1.54) is 0 Å². The van der Waals surface area contributed by atoms with Crippen molar-refractivity contribution in [2.45, 2.75) is 12.6 Å². The third kappa shape index (κ3) is 4.50. The number of aliphatic imine (C=N–C) groups is 1. The van der Waals surface area contributed by atoms with Crippen molar-refractivity contribution in [2.75, 3.05) is 6.54 Å². The first-order chi connectivity index (χ1) is 5.48. The lowest BCUT2D eigenvalue weighted by Gasteiger charge is -2.00. The predicted octanol–water partition coefficient (Wildman–Crippen LogP) is 1.21. The molecule has 0 aromatic carbocycles. The highest BCUT2D eigenvalue weighted by Crippen LogP contribution is 2.16. The minimum absolute atomic E-state index is 0.00879. The van der Waals surface area contributed by atoms with Gasteiger partial charge in [-0.05, 0) is 0 Å². The summed E-state index contributed by atoms with van der Waals surface area (Å²) in [5.74, 6) is 0.273. The van der Waals surface area contributed by atoms with Crippen LogP contribution in [0.3, 0.4) is 0 Å². The smallest absolute Gasteiger partial charge is 0.289 e. The van der Waals surface area contributed by atoms with Crippen LogP contribution in [-0.4, -0.2) is 24.7 Å². The Morgan fingerprint density at radius 2 is 2.17 bits per heavy atom. The zero-order chi connectivity index (χ0) is 9.61. The molecule has 0 saturated carbocycles. The predicted molar refractivity (Wildman–Crippen MR) is 37.9 cm³/mol. The third-order valence-corrected chi connectivity index (χ3v) is 0.905. The zero-order valence-corrected chi connectivity index (χ0v) is 6.06. The van der Waals surface area contributed by atoms with Gasteiger partial charge in [0.1, 0.15) is 0 Å². The van der Waals surface area contributed by atoms with E-state index in [1.807, 2.05) is 0 Å². The molecule has 5 heteroatoms. The summed E-state index contributed by atoms with van der Waals surface area (Å²) in [6.07, 6.45) is 0.111. The fourth-order valence-electron chi connectivity index (χ4n) is 0.380. The lowest BCUT2D eigenvalue weighted by atomic mass is 10.3. The summed E-state index contributed by atoms with van der Waals surface area (Å²) >= 11 is 0. The monoisotopic (exact) mass is 177 g/mol. The van der Waals surface area contributed by atoms with Crippen molar-refractivity contribution >= 4 is 12.0 Å². The number of halogens is 3. The summed E-state index contributed by atoms with van der Waals surface area (Å²) in [5.41, 5.74) is 0. The summed E-state index contributed by atoms with van der Waals surface area (Å²) < 4.78 is 34.5. The SMILES string of the molecule is C#CCN=CCC(=O)C(F)(F)F. The molecule has 0 aliphatic rings. The second-order valence-electron chi connectivity index (χ2n) is 1.85. The molecule has 0 heterocycles. The maximum Gasteiger partial charge on any atom is 0.450 e. The van der Waals surface area contributed by atoms with Gasteiger partial charge in [0.15, 0.2) is 0 Å². The number of hydrogen-bond acceptors (Lipinski definition) is 2. The Morgan fingerprint density at radius 1 is 1.58 bits per heavy atom. The third-order valence-electron chi connectivity index (χ3n) is 0.905. The Morgan fingerprint density at radius 3 is 2.58 bits per heavy atom. The van der Waals surface area contributed by atoms with Gasteiger partial charge in [0.25, 0.3) is 0 Å². The van der Waals surface area contributed by atoms with Gasteiger partial charge in [-0.3, -0.25) is 9.79 Å². The topological polar surface area (TPSA) is 29.4 Å². The van der Waals surface area contributed by atoms with E-state index >= 15 is 0 Å². The van der Waals surface area contributed by atoms with Gasteiger partial charge in [0.05, 0.1) is 13.0 Å². The maximum absolute atomic E-state index is 11.5. The normalized spacial score (nSPS) is 11.5. The molecule has 0 saturated heterocycles. The van der Waals surface area contributed by atoms with Crippen LogP contribution in [0.2, 0.25) is 0 Å². The highest BCUT2D eigenvalue weighted by Gasteiger charge is 2.36. The summed E-state index contributed by atoms with van der Waals surface area (Å²) in [4.78, 5) is 13.5. The van der Waals surface area contributed by atoms with Gasteiger partial charge in [-0.25, -0.2) is 0 Å². The van der Waals surface area contributed by atoms with Crippen molar-refractivity contribution < 1.29 is 18.0 Å². The van der Waals surface area contributed by atoms with Gasteiger partial charge >= 0.3 is 6.18 Å². The van der Waals surface area contributed by atoms with E-state index in [9.17, 15) is 18.0 Å². The van der Waals surface area contributed by atoms with E-state index in [1.54, 1.807) is 0 Å². The number of carbonyl (C=O) groups excluding carboxylic acids is 1. The van der Waals surface area contributed by atoms with Gasteiger partial charge in [0.2, 0.25) is 5.78 Å². The number of ketones is 1. The van der Waals surface area contributed by atoms with E-state index < -0.39 is 18.4 Å². The van der Waals surface area contributed by atoms with Gasteiger partial charge in [-0.1, -0.05) is 5.92 Å². The minimum Gasteiger partial charge on any atom is -0.289 e. The van der Waals surface area contributed by atoms with Gasteiger partial charge < -0.3 is 0 Å². The first kappa shape index (κ1) is 10.7. The van der Waals surface area contributed by atoms with E-state index in [0.29, 0.717) is 0 Å². The maximum atomic E-state index is 11.5. The van der Waals surface area contributed by atoms with Crippen molar-refractivity contribution in [3.05, 3.63) is 0 Å². The first-order valence-corrected chi connectivity index (χ1v) is 3.00. The molecular formula is C7H6F3NO. The molecule has 0 aromatic rings. The van der Waals surface area contributed by atoms with Crippen molar-refractivity contribution in [1.29, 1.82) is 0 Å². The first-order valence-electron chi connectivity index (χ1n) is 3.00. The summed E-state index contributed by atoms with van der Waals surface area (Å²) in [5, 5.41) is 0. The lowest BCUT2D eigenvalue weighted by Crippen LogP contribution is -2.22. The Balaban J connectivity index is 3.82. The van der Waals surface area contributed by atoms with Crippen LogP contribution in [0.4, 0.5) is 13.2 Å². The Hall–Kier alpha value is -1.31. The molecule has 2 nitrogen and oxygen atoms in total. The molecule has 0 aromatic heterocycles. The second-order valence-corrected chi connectivity index (χ2v) is 1.85. The molecule has 0 N–H and O–H groups in total. The number of carbonyl (C=O) groups is 1. The molecule has 0 bridgehead atoms. The molecule has 0 unspecified atom stereocenters. The van der Waals surface area contributed by atoms with Gasteiger partial charge in [-0.15, -0.1) is 6.42 Å². The van der Waals surface area contributed by atoms with Gasteiger partial charge in [-0.2, -0.15) is 13.2 Å². The molecule has 0 amide bonds. The summed E-state index contributed by atoms with van der Waals surface area (Å²) in [6.45, 7) is -0.00879. The highest BCUT2D eigenvalue weighted by atomic mass is 19.4. The number of hydrogen-bond donors (Lipinski definition) is 0. The fourth-order valence-corrected chi connectivity index (χ4v) is 0.380. The van der Waals surface area contributed by atoms with E-state index in [-0.39, 0.29) is 6.54 Å². The largest absolute Gasteiger partial charge is 0.450 e. The summed E-state index contributed by atoms with van der Waals surface area (Å²) in [6, 6.07) is 0. The van der Waals surface area contributed by atoms with Crippen LogP contribution in [0.5, 0.6) is 0 Å². The van der Waals surface area contributed by atoms with Crippen molar-refractivity contribution in [2.24, 2.45) is 4.99 Å². The van der Waals surface area contributed by atoms with Crippen LogP contribution in [0.15, 0.2) is 4.99 Å². The Kier molecular flexibility index (Phi) is 4.05. The van der Waals surface area contributed by atoms with Crippen LogP contribution in [-0.2, 0) is 4.79 Å². The molecule has 66 valence electrons. The quantitative estimate of drug-likeness (QED) is 0.470. The van der Waals surface area contributed by atoms with E-state index in [2.05, 4.69) is 10.9 Å². The molecule has 0 fully saturated rings. The standard InChI is InChI=1S/C7H6F3NO/c1-2-4-11-5-3-6(12)7(8,9)10/h1,5H,3-4H2. The number of alkyl halides is 3. The van der Waals surface area contributed by atoms with Crippen LogP contribution >= 0.6 is 0 Å². The average Bonchev–Trinajstić information content (AvgIpc) is 1.96. The lowest BCUT2D eigenvalue weighted by molar-refractivity contribution is -0.169. The second kappa shape index (κ2) is 4.54. The zero-order valence-electron chi connectivity index (χ0n) is 6.06. The molecule has 12 heavy (non-hydrogen) atoms. The molecule has 0 spiro atoms. The number of Topliss-reactive ketones (excluding diaryl/α,β-unsaturated/α-hetero) is 1. The molecular weight excluding hydrogens is 171 g/mol. The van der Waals surface area contributed by atoms with Crippen molar-refractivity contribution in [1.82, 2.24) is 0 Å². The van der Waals surface area contributed by atoms with Gasteiger partial charge in [0, 0.05) is 6.21 Å². The minimum atomic E-state index is -4.78. The molecule has 0 radical (unpaired) electrons. The molecule has 0 rings (SSSR count). The van der Waals surface area contributed by atoms with E-state index in [0.717, 1.165) is 6.21 Å². The number of nitrogens with zero attached hydrogens (tertiary/aromatic N) is 1. The number of terminal acetylenes is 1. The van der Waals surface area contributed by atoms with E-state index in [4.69, 9.17) is 6.42 Å². The molecule has 0 aliphatic carbocycles. The number of rotatable bonds is 3. The molecule has 0 aliphatic heterocycles. The Labute approximate surface area is 67.5 Å². The van der Waals surface area contributed by atoms with Crippen LogP contribution in [0.1, 0.15) is 6.42 Å². The van der Waals surface area contributed by atoms with Crippen LogP contribution in [0.25, 0.3) is 0 Å².